The third-order valence-corrected chi connectivity index (χ3v) is 2.51. The van der Waals surface area contributed by atoms with E-state index in [9.17, 15) is 0 Å². The lowest BCUT2D eigenvalue weighted by molar-refractivity contribution is 0.530. The summed E-state index contributed by atoms with van der Waals surface area (Å²) in [5.74, 6) is 0. The van der Waals surface area contributed by atoms with Gasteiger partial charge in [0, 0.05) is 22.2 Å². The second kappa shape index (κ2) is 8.35. The van der Waals surface area contributed by atoms with Crippen molar-refractivity contribution in [3.63, 3.8) is 0 Å². The zero-order valence-electron chi connectivity index (χ0n) is 15.1. The van der Waals surface area contributed by atoms with Gasteiger partial charge in [-0.15, -0.1) is 0 Å². The van der Waals surface area contributed by atoms with Gasteiger partial charge in [0.15, 0.2) is 0 Å². The fraction of sp³-hybridized carbons (Fsp3) is 0.722. The smallest absolute Gasteiger partial charge is 0.0463 e. The number of hydrogen-bond donors (Lipinski definition) is 0. The van der Waals surface area contributed by atoms with Crippen molar-refractivity contribution in [2.45, 2.75) is 87.0 Å². The summed E-state index contributed by atoms with van der Waals surface area (Å²) in [4.78, 5) is 4.78. The van der Waals surface area contributed by atoms with E-state index >= 15 is 0 Å². The number of nitrogens with zero attached hydrogens (tertiary/aromatic N) is 1. The normalized spacial score (nSPS) is 10.9. The second-order valence-corrected chi connectivity index (χ2v) is 6.41. The number of pyridine rings is 1. The lowest BCUT2D eigenvalue weighted by Gasteiger charge is -2.24. The van der Waals surface area contributed by atoms with Gasteiger partial charge in [-0.2, -0.15) is 0 Å². The van der Waals surface area contributed by atoms with Crippen molar-refractivity contribution >= 4 is 0 Å². The van der Waals surface area contributed by atoms with E-state index < -0.39 is 0 Å². The quantitative estimate of drug-likeness (QED) is 0.557. The first kappa shape index (κ1) is 20.5. The first-order valence-electron chi connectivity index (χ1n) is 7.60. The van der Waals surface area contributed by atoms with Crippen molar-refractivity contribution in [1.82, 2.24) is 4.98 Å². The van der Waals surface area contributed by atoms with E-state index in [2.05, 4.69) is 60.6 Å². The highest BCUT2D eigenvalue weighted by Gasteiger charge is 2.21. The van der Waals surface area contributed by atoms with Crippen LogP contribution in [-0.4, -0.2) is 4.98 Å². The molecule has 0 unspecified atom stereocenters. The molecule has 0 atom stereocenters. The zero-order chi connectivity index (χ0) is 15.9. The summed E-state index contributed by atoms with van der Waals surface area (Å²) < 4.78 is 0. The van der Waals surface area contributed by atoms with Gasteiger partial charge in [0.1, 0.15) is 0 Å². The van der Waals surface area contributed by atoms with Crippen molar-refractivity contribution in [2.75, 3.05) is 0 Å². The van der Waals surface area contributed by atoms with Crippen LogP contribution in [0, 0.1) is 6.92 Å². The standard InChI is InChI=1S/C14H23N.2C2H6/c1-10-8-11(13(2,3)4)15-12(9-10)14(5,6)7;2*1-2/h8-9H,1-7H3;2*1-2H3. The third kappa shape index (κ3) is 7.34. The fourth-order valence-electron chi connectivity index (χ4n) is 1.44. The molecule has 0 saturated heterocycles. The van der Waals surface area contributed by atoms with Gasteiger partial charge in [0.25, 0.3) is 0 Å². The molecule has 1 heterocycles. The SMILES string of the molecule is CC.CC.Cc1cc(C(C)(C)C)nc(C(C)(C)C)c1. The Bertz CT molecular complexity index is 319. The van der Waals surface area contributed by atoms with Crippen molar-refractivity contribution in [3.05, 3.63) is 29.1 Å². The van der Waals surface area contributed by atoms with Crippen molar-refractivity contribution in [1.29, 1.82) is 0 Å². The Morgan fingerprint density at radius 3 is 1.16 bits per heavy atom. The molecule has 19 heavy (non-hydrogen) atoms. The summed E-state index contributed by atoms with van der Waals surface area (Å²) in [6.07, 6.45) is 0. The largest absolute Gasteiger partial charge is 0.257 e. The molecular weight excluding hydrogens is 230 g/mol. The van der Waals surface area contributed by atoms with Crippen LogP contribution in [0.4, 0.5) is 0 Å². The van der Waals surface area contributed by atoms with Gasteiger partial charge in [-0.25, -0.2) is 0 Å². The van der Waals surface area contributed by atoms with Gasteiger partial charge in [-0.1, -0.05) is 69.2 Å². The molecule has 0 fully saturated rings. The zero-order valence-corrected chi connectivity index (χ0v) is 15.1. The van der Waals surface area contributed by atoms with Gasteiger partial charge in [0.2, 0.25) is 0 Å². The molecule has 1 aromatic heterocycles. The first-order chi connectivity index (χ1) is 8.60. The summed E-state index contributed by atoms with van der Waals surface area (Å²) in [5.41, 5.74) is 3.94. The van der Waals surface area contributed by atoms with E-state index in [0.29, 0.717) is 0 Å². The Labute approximate surface area is 121 Å². The molecule has 0 N–H and O–H groups in total. The summed E-state index contributed by atoms with van der Waals surface area (Å²) >= 11 is 0. The molecule has 1 heteroatoms. The summed E-state index contributed by atoms with van der Waals surface area (Å²) in [6.45, 7) is 23.4. The number of rotatable bonds is 0. The minimum atomic E-state index is 0.131. The molecule has 1 rings (SSSR count). The molecule has 0 aliphatic rings. The highest BCUT2D eigenvalue weighted by Crippen LogP contribution is 2.26. The Balaban J connectivity index is 0. The average Bonchev–Trinajstić information content (AvgIpc) is 2.31. The molecule has 0 spiro atoms. The lowest BCUT2D eigenvalue weighted by atomic mass is 9.87. The van der Waals surface area contributed by atoms with Crippen LogP contribution in [0.3, 0.4) is 0 Å². The highest BCUT2D eigenvalue weighted by molar-refractivity contribution is 5.27. The molecule has 1 aromatic rings. The van der Waals surface area contributed by atoms with Crippen LogP contribution in [0.2, 0.25) is 0 Å². The van der Waals surface area contributed by atoms with E-state index in [1.807, 2.05) is 27.7 Å². The predicted octanol–water partition coefficient (Wildman–Crippen LogP) is 6.04. The van der Waals surface area contributed by atoms with Crippen LogP contribution in [-0.2, 0) is 10.8 Å². The van der Waals surface area contributed by atoms with Gasteiger partial charge in [-0.3, -0.25) is 4.98 Å². The van der Waals surface area contributed by atoms with E-state index in [0.717, 1.165) is 0 Å². The molecule has 0 aromatic carbocycles. The van der Waals surface area contributed by atoms with Crippen LogP contribution < -0.4 is 0 Å². The number of aromatic nitrogens is 1. The van der Waals surface area contributed by atoms with Crippen molar-refractivity contribution < 1.29 is 0 Å². The average molecular weight is 265 g/mol. The van der Waals surface area contributed by atoms with Crippen molar-refractivity contribution in [3.8, 4) is 0 Å². The van der Waals surface area contributed by atoms with Crippen LogP contribution in [0.1, 0.15) is 86.2 Å². The van der Waals surface area contributed by atoms with E-state index in [4.69, 9.17) is 4.98 Å². The summed E-state index contributed by atoms with van der Waals surface area (Å²) in [7, 11) is 0. The molecular formula is C18H35N. The van der Waals surface area contributed by atoms with Gasteiger partial charge < -0.3 is 0 Å². The Kier molecular flexibility index (Phi) is 8.99. The van der Waals surface area contributed by atoms with Gasteiger partial charge in [-0.05, 0) is 24.6 Å². The van der Waals surface area contributed by atoms with Crippen LogP contribution in [0.25, 0.3) is 0 Å². The maximum Gasteiger partial charge on any atom is 0.0463 e. The van der Waals surface area contributed by atoms with E-state index in [1.54, 1.807) is 0 Å². The van der Waals surface area contributed by atoms with Crippen LogP contribution >= 0.6 is 0 Å². The number of hydrogen-bond acceptors (Lipinski definition) is 1. The molecule has 112 valence electrons. The Morgan fingerprint density at radius 2 is 0.947 bits per heavy atom. The monoisotopic (exact) mass is 265 g/mol. The lowest BCUT2D eigenvalue weighted by Crippen LogP contribution is -2.20. The Morgan fingerprint density at radius 1 is 0.684 bits per heavy atom. The Hall–Kier alpha value is -0.850. The van der Waals surface area contributed by atoms with Crippen molar-refractivity contribution in [2.24, 2.45) is 0 Å². The molecule has 0 amide bonds. The molecule has 0 saturated carbocycles. The van der Waals surface area contributed by atoms with Crippen LogP contribution in [0.15, 0.2) is 12.1 Å². The minimum absolute atomic E-state index is 0.131. The highest BCUT2D eigenvalue weighted by atomic mass is 14.7. The molecule has 0 radical (unpaired) electrons. The maximum atomic E-state index is 4.78. The second-order valence-electron chi connectivity index (χ2n) is 6.41. The topological polar surface area (TPSA) is 12.9 Å². The molecule has 1 nitrogen and oxygen atoms in total. The summed E-state index contributed by atoms with van der Waals surface area (Å²) in [5, 5.41) is 0. The molecule has 0 bridgehead atoms. The van der Waals surface area contributed by atoms with Gasteiger partial charge >= 0.3 is 0 Å². The summed E-state index contributed by atoms with van der Waals surface area (Å²) in [6, 6.07) is 4.38. The molecule has 0 aliphatic heterocycles. The number of aryl methyl sites for hydroxylation is 1. The maximum absolute atomic E-state index is 4.78. The minimum Gasteiger partial charge on any atom is -0.257 e. The fourth-order valence-corrected chi connectivity index (χ4v) is 1.44. The predicted molar refractivity (Wildman–Crippen MR) is 89.1 cm³/mol. The van der Waals surface area contributed by atoms with Crippen LogP contribution in [0.5, 0.6) is 0 Å². The van der Waals surface area contributed by atoms with E-state index in [1.165, 1.54) is 17.0 Å². The van der Waals surface area contributed by atoms with E-state index in [-0.39, 0.29) is 10.8 Å². The van der Waals surface area contributed by atoms with Gasteiger partial charge in [0.05, 0.1) is 0 Å². The first-order valence-corrected chi connectivity index (χ1v) is 7.60. The molecule has 0 aliphatic carbocycles. The third-order valence-electron chi connectivity index (χ3n) is 2.51.